The maximum atomic E-state index is 12.1. The number of fused-ring (bicyclic) bond motifs is 1. The molecule has 1 heterocycles. The van der Waals surface area contributed by atoms with E-state index in [-0.39, 0.29) is 18.4 Å². The van der Waals surface area contributed by atoms with Gasteiger partial charge in [-0.05, 0) is 29.3 Å². The van der Waals surface area contributed by atoms with Crippen molar-refractivity contribution in [2.45, 2.75) is 19.5 Å². The van der Waals surface area contributed by atoms with Crippen LogP contribution in [0, 0.1) is 0 Å². The third kappa shape index (κ3) is 2.37. The Kier molecular flexibility index (Phi) is 3.14. The summed E-state index contributed by atoms with van der Waals surface area (Å²) in [6, 6.07) is 13.8. The molecule has 102 valence electrons. The van der Waals surface area contributed by atoms with Crippen molar-refractivity contribution < 1.29 is 9.59 Å². The fourth-order valence-electron chi connectivity index (χ4n) is 2.57. The second-order valence-electron chi connectivity index (χ2n) is 5.17. The third-order valence-corrected chi connectivity index (χ3v) is 3.58. The molecule has 0 aliphatic carbocycles. The van der Waals surface area contributed by atoms with E-state index in [2.05, 4.69) is 17.4 Å². The first-order valence-electron chi connectivity index (χ1n) is 6.69. The van der Waals surface area contributed by atoms with Crippen molar-refractivity contribution in [2.75, 3.05) is 6.54 Å². The molecule has 0 bridgehead atoms. The summed E-state index contributed by atoms with van der Waals surface area (Å²) in [4.78, 5) is 25.2. The molecule has 4 heteroatoms. The third-order valence-electron chi connectivity index (χ3n) is 3.58. The van der Waals surface area contributed by atoms with E-state index in [9.17, 15) is 9.59 Å². The number of benzene rings is 2. The van der Waals surface area contributed by atoms with Crippen molar-refractivity contribution in [3.05, 3.63) is 48.0 Å². The zero-order valence-corrected chi connectivity index (χ0v) is 11.3. The summed E-state index contributed by atoms with van der Waals surface area (Å²) in [5, 5.41) is 4.96. The predicted molar refractivity (Wildman–Crippen MR) is 77.0 cm³/mol. The highest BCUT2D eigenvalue weighted by atomic mass is 16.2. The molecule has 0 radical (unpaired) electrons. The summed E-state index contributed by atoms with van der Waals surface area (Å²) in [5.74, 6) is -0.129. The van der Waals surface area contributed by atoms with E-state index in [1.165, 1.54) is 5.39 Å². The molecule has 0 aromatic heterocycles. The quantitative estimate of drug-likeness (QED) is 0.901. The van der Waals surface area contributed by atoms with Crippen LogP contribution in [0.5, 0.6) is 0 Å². The van der Waals surface area contributed by atoms with Gasteiger partial charge in [-0.1, -0.05) is 36.4 Å². The Bertz CT molecular complexity index is 681. The molecule has 3 rings (SSSR count). The van der Waals surface area contributed by atoms with Gasteiger partial charge in [-0.3, -0.25) is 9.59 Å². The molecule has 0 saturated carbocycles. The van der Waals surface area contributed by atoms with E-state index in [1.807, 2.05) is 30.3 Å². The average Bonchev–Trinajstić information content (AvgIpc) is 2.44. The van der Waals surface area contributed by atoms with Crippen LogP contribution in [0.3, 0.4) is 0 Å². The number of nitrogens with one attached hydrogen (secondary N) is 1. The van der Waals surface area contributed by atoms with Gasteiger partial charge in [0.05, 0.1) is 6.54 Å². The van der Waals surface area contributed by atoms with Crippen molar-refractivity contribution in [1.82, 2.24) is 10.2 Å². The summed E-state index contributed by atoms with van der Waals surface area (Å²) < 4.78 is 0. The number of carbonyl (C=O) groups is 2. The molecular weight excluding hydrogens is 252 g/mol. The molecule has 1 N–H and O–H groups in total. The van der Waals surface area contributed by atoms with Crippen LogP contribution in [-0.2, 0) is 16.1 Å². The maximum Gasteiger partial charge on any atom is 0.245 e. The van der Waals surface area contributed by atoms with Gasteiger partial charge in [0.2, 0.25) is 11.8 Å². The van der Waals surface area contributed by atoms with Crippen molar-refractivity contribution in [3.8, 4) is 0 Å². The molecule has 0 spiro atoms. The lowest BCUT2D eigenvalue weighted by atomic mass is 10.1. The number of rotatable bonds is 2. The van der Waals surface area contributed by atoms with Crippen LogP contribution in [0.4, 0.5) is 0 Å². The highest BCUT2D eigenvalue weighted by Crippen LogP contribution is 2.17. The van der Waals surface area contributed by atoms with Gasteiger partial charge in [0.15, 0.2) is 0 Å². The van der Waals surface area contributed by atoms with Crippen LogP contribution < -0.4 is 5.32 Å². The van der Waals surface area contributed by atoms with Crippen molar-refractivity contribution >= 4 is 22.6 Å². The number of hydrogen-bond donors (Lipinski definition) is 1. The van der Waals surface area contributed by atoms with Gasteiger partial charge in [0.25, 0.3) is 0 Å². The van der Waals surface area contributed by atoms with Crippen LogP contribution in [0.1, 0.15) is 12.5 Å². The minimum Gasteiger partial charge on any atom is -0.343 e. The van der Waals surface area contributed by atoms with Crippen molar-refractivity contribution in [2.24, 2.45) is 0 Å². The molecule has 0 unspecified atom stereocenters. The Labute approximate surface area is 117 Å². The van der Waals surface area contributed by atoms with Gasteiger partial charge < -0.3 is 10.2 Å². The molecule has 1 saturated heterocycles. The minimum absolute atomic E-state index is 0.0299. The fraction of sp³-hybridized carbons (Fsp3) is 0.250. The Morgan fingerprint density at radius 1 is 1.15 bits per heavy atom. The summed E-state index contributed by atoms with van der Waals surface area (Å²) in [5.41, 5.74) is 1.04. The first-order valence-corrected chi connectivity index (χ1v) is 6.69. The number of carbonyl (C=O) groups excluding carboxylic acids is 2. The second-order valence-corrected chi connectivity index (χ2v) is 5.17. The molecule has 4 nitrogen and oxygen atoms in total. The highest BCUT2D eigenvalue weighted by molar-refractivity contribution is 5.94. The van der Waals surface area contributed by atoms with E-state index in [1.54, 1.807) is 11.8 Å². The highest BCUT2D eigenvalue weighted by Gasteiger charge is 2.29. The standard InChI is InChI=1S/C16H16N2O2/c1-11-16(20)18(10-15(19)17-11)9-12-6-7-13-4-2-3-5-14(13)8-12/h2-8,11H,9-10H2,1H3,(H,17,19)/t11-/m0/s1. The van der Waals surface area contributed by atoms with E-state index in [4.69, 9.17) is 0 Å². The minimum atomic E-state index is -0.434. The first kappa shape index (κ1) is 12.7. The van der Waals surface area contributed by atoms with Crippen LogP contribution >= 0.6 is 0 Å². The number of hydrogen-bond acceptors (Lipinski definition) is 2. The van der Waals surface area contributed by atoms with Gasteiger partial charge >= 0.3 is 0 Å². The Hall–Kier alpha value is -2.36. The molecule has 1 atom stereocenters. The molecule has 2 amide bonds. The van der Waals surface area contributed by atoms with Crippen LogP contribution in [0.2, 0.25) is 0 Å². The number of amides is 2. The summed E-state index contributed by atoms with van der Waals surface area (Å²) in [7, 11) is 0. The largest absolute Gasteiger partial charge is 0.343 e. The molecule has 1 aliphatic heterocycles. The topological polar surface area (TPSA) is 49.4 Å². The average molecular weight is 268 g/mol. The SMILES string of the molecule is C[C@@H]1NC(=O)CN(Cc2ccc3ccccc3c2)C1=O. The fourth-order valence-corrected chi connectivity index (χ4v) is 2.57. The molecule has 20 heavy (non-hydrogen) atoms. The van der Waals surface area contributed by atoms with E-state index in [0.717, 1.165) is 10.9 Å². The Morgan fingerprint density at radius 2 is 1.90 bits per heavy atom. The zero-order valence-electron chi connectivity index (χ0n) is 11.3. The van der Waals surface area contributed by atoms with Crippen molar-refractivity contribution in [3.63, 3.8) is 0 Å². The van der Waals surface area contributed by atoms with Gasteiger partial charge in [-0.25, -0.2) is 0 Å². The zero-order chi connectivity index (χ0) is 14.1. The Balaban J connectivity index is 1.85. The number of piperazine rings is 1. The second kappa shape index (κ2) is 4.96. The van der Waals surface area contributed by atoms with Gasteiger partial charge in [0.1, 0.15) is 6.04 Å². The lowest BCUT2D eigenvalue weighted by Gasteiger charge is -2.30. The lowest BCUT2D eigenvalue weighted by Crippen LogP contribution is -2.56. The van der Waals surface area contributed by atoms with Gasteiger partial charge in [0, 0.05) is 6.54 Å². The number of nitrogens with zero attached hydrogens (tertiary/aromatic N) is 1. The van der Waals surface area contributed by atoms with Gasteiger partial charge in [-0.15, -0.1) is 0 Å². The van der Waals surface area contributed by atoms with Crippen LogP contribution in [0.15, 0.2) is 42.5 Å². The van der Waals surface area contributed by atoms with E-state index < -0.39 is 6.04 Å². The normalized spacial score (nSPS) is 19.2. The van der Waals surface area contributed by atoms with Crippen LogP contribution in [0.25, 0.3) is 10.8 Å². The maximum absolute atomic E-state index is 12.1. The smallest absolute Gasteiger partial charge is 0.245 e. The molecule has 1 fully saturated rings. The summed E-state index contributed by atoms with van der Waals surface area (Å²) in [6.45, 7) is 2.32. The summed E-state index contributed by atoms with van der Waals surface area (Å²) in [6.07, 6.45) is 0. The molecule has 1 aliphatic rings. The monoisotopic (exact) mass is 268 g/mol. The Morgan fingerprint density at radius 3 is 2.70 bits per heavy atom. The summed E-state index contributed by atoms with van der Waals surface area (Å²) >= 11 is 0. The molecular formula is C16H16N2O2. The van der Waals surface area contributed by atoms with Crippen LogP contribution in [-0.4, -0.2) is 29.3 Å². The van der Waals surface area contributed by atoms with E-state index in [0.29, 0.717) is 6.54 Å². The van der Waals surface area contributed by atoms with E-state index >= 15 is 0 Å². The predicted octanol–water partition coefficient (Wildman–Crippen LogP) is 1.69. The van der Waals surface area contributed by atoms with Gasteiger partial charge in [-0.2, -0.15) is 0 Å². The van der Waals surface area contributed by atoms with Crippen molar-refractivity contribution in [1.29, 1.82) is 0 Å². The molecule has 2 aromatic carbocycles. The molecule has 2 aromatic rings. The first-order chi connectivity index (χ1) is 9.63. The lowest BCUT2D eigenvalue weighted by molar-refractivity contribution is -0.144.